The highest BCUT2D eigenvalue weighted by atomic mass is 16.7. The number of amides is 1. The zero-order chi connectivity index (χ0) is 16.2. The molecule has 6 heteroatoms. The molecule has 1 rings (SSSR count). The molecule has 1 aromatic rings. The van der Waals surface area contributed by atoms with Crippen molar-refractivity contribution in [1.82, 2.24) is 5.48 Å². The highest BCUT2D eigenvalue weighted by Crippen LogP contribution is 2.06. The van der Waals surface area contributed by atoms with Crippen molar-refractivity contribution < 1.29 is 24.3 Å². The molecule has 2 N–H and O–H groups in total. The number of hydrogen-bond acceptors (Lipinski definition) is 4. The number of carboxylic acid groups (broad SMARTS) is 1. The van der Waals surface area contributed by atoms with Gasteiger partial charge in [0.05, 0.1) is 6.61 Å². The van der Waals surface area contributed by atoms with Gasteiger partial charge in [-0.1, -0.05) is 56.5 Å². The Hall–Kier alpha value is -2.08. The van der Waals surface area contributed by atoms with Crippen LogP contribution >= 0.6 is 0 Å². The molecule has 0 radical (unpaired) electrons. The minimum atomic E-state index is -1.16. The SMILES string of the molecule is CCCCCCOC(=O)NO[C@@H](Cc1ccccc1)C(=O)O. The zero-order valence-corrected chi connectivity index (χ0v) is 12.8. The number of hydrogen-bond donors (Lipinski definition) is 2. The molecule has 0 aliphatic carbocycles. The second kappa shape index (κ2) is 10.6. The number of carboxylic acids is 1. The smallest absolute Gasteiger partial charge is 0.431 e. The summed E-state index contributed by atoms with van der Waals surface area (Å²) in [7, 11) is 0. The molecule has 1 amide bonds. The molecule has 1 aromatic carbocycles. The van der Waals surface area contributed by atoms with Gasteiger partial charge in [-0.2, -0.15) is 5.48 Å². The van der Waals surface area contributed by atoms with Crippen molar-refractivity contribution in [2.45, 2.75) is 45.1 Å². The quantitative estimate of drug-likeness (QED) is 0.513. The third kappa shape index (κ3) is 7.64. The molecule has 0 spiro atoms. The summed E-state index contributed by atoms with van der Waals surface area (Å²) in [5, 5.41) is 9.10. The summed E-state index contributed by atoms with van der Waals surface area (Å²) in [6.45, 7) is 2.39. The van der Waals surface area contributed by atoms with Gasteiger partial charge in [-0.15, -0.1) is 0 Å². The second-order valence-electron chi connectivity index (χ2n) is 4.93. The maximum atomic E-state index is 11.4. The lowest BCUT2D eigenvalue weighted by Gasteiger charge is -2.14. The maximum absolute atomic E-state index is 11.4. The van der Waals surface area contributed by atoms with Crippen molar-refractivity contribution in [3.8, 4) is 0 Å². The fourth-order valence-electron chi connectivity index (χ4n) is 1.85. The van der Waals surface area contributed by atoms with Crippen molar-refractivity contribution in [2.24, 2.45) is 0 Å². The molecule has 122 valence electrons. The summed E-state index contributed by atoms with van der Waals surface area (Å²) in [6.07, 6.45) is 2.22. The van der Waals surface area contributed by atoms with E-state index in [2.05, 4.69) is 6.92 Å². The van der Waals surface area contributed by atoms with Gasteiger partial charge >= 0.3 is 12.1 Å². The van der Waals surface area contributed by atoms with Crippen LogP contribution in [0.15, 0.2) is 30.3 Å². The molecular weight excluding hydrogens is 286 g/mol. The van der Waals surface area contributed by atoms with E-state index in [1.165, 1.54) is 0 Å². The summed E-state index contributed by atoms with van der Waals surface area (Å²) >= 11 is 0. The largest absolute Gasteiger partial charge is 0.479 e. The van der Waals surface area contributed by atoms with E-state index in [1.807, 2.05) is 23.7 Å². The van der Waals surface area contributed by atoms with Crippen LogP contribution in [0.2, 0.25) is 0 Å². The normalized spacial score (nSPS) is 11.7. The molecule has 0 saturated carbocycles. The minimum Gasteiger partial charge on any atom is -0.479 e. The Morgan fingerprint density at radius 1 is 1.18 bits per heavy atom. The predicted octanol–water partition coefficient (Wildman–Crippen LogP) is 2.92. The molecule has 22 heavy (non-hydrogen) atoms. The summed E-state index contributed by atoms with van der Waals surface area (Å²) in [6, 6.07) is 9.06. The second-order valence-corrected chi connectivity index (χ2v) is 4.93. The van der Waals surface area contributed by atoms with Crippen molar-refractivity contribution in [2.75, 3.05) is 6.61 Å². The van der Waals surface area contributed by atoms with E-state index >= 15 is 0 Å². The number of carbonyl (C=O) groups is 2. The number of carbonyl (C=O) groups excluding carboxylic acids is 1. The van der Waals surface area contributed by atoms with Gasteiger partial charge in [0.2, 0.25) is 0 Å². The molecule has 0 aliphatic rings. The highest BCUT2D eigenvalue weighted by Gasteiger charge is 2.20. The average molecular weight is 309 g/mol. The van der Waals surface area contributed by atoms with Crippen LogP contribution in [0.25, 0.3) is 0 Å². The van der Waals surface area contributed by atoms with Gasteiger partial charge in [-0.3, -0.25) is 4.84 Å². The number of unbranched alkanes of at least 4 members (excludes halogenated alkanes) is 3. The van der Waals surface area contributed by atoms with E-state index in [0.717, 1.165) is 31.2 Å². The lowest BCUT2D eigenvalue weighted by molar-refractivity contribution is -0.154. The van der Waals surface area contributed by atoms with Crippen LogP contribution in [-0.2, 0) is 20.8 Å². The Morgan fingerprint density at radius 3 is 2.55 bits per heavy atom. The topological polar surface area (TPSA) is 84.9 Å². The van der Waals surface area contributed by atoms with Crippen LogP contribution in [0.5, 0.6) is 0 Å². The third-order valence-electron chi connectivity index (χ3n) is 3.05. The van der Waals surface area contributed by atoms with Gasteiger partial charge in [0.25, 0.3) is 0 Å². The maximum Gasteiger partial charge on any atom is 0.431 e. The summed E-state index contributed by atoms with van der Waals surface area (Å²) in [4.78, 5) is 27.5. The van der Waals surface area contributed by atoms with E-state index in [4.69, 9.17) is 14.7 Å². The Morgan fingerprint density at radius 2 is 1.91 bits per heavy atom. The van der Waals surface area contributed by atoms with E-state index < -0.39 is 18.2 Å². The monoisotopic (exact) mass is 309 g/mol. The first kappa shape index (κ1) is 18.0. The predicted molar refractivity (Wildman–Crippen MR) is 81.3 cm³/mol. The standard InChI is InChI=1S/C16H23NO5/c1-2-3-4-8-11-21-16(20)17-22-14(15(18)19)12-13-9-6-5-7-10-13/h5-7,9-10,14H,2-4,8,11-12H2,1H3,(H,17,20)(H,18,19)/t14-/m0/s1. The molecule has 0 unspecified atom stereocenters. The summed E-state index contributed by atoms with van der Waals surface area (Å²) in [5.74, 6) is -1.15. The van der Waals surface area contributed by atoms with Gasteiger partial charge in [0, 0.05) is 6.42 Å². The first-order valence-corrected chi connectivity index (χ1v) is 7.48. The Kier molecular flexibility index (Phi) is 8.67. The molecule has 0 aliphatic heterocycles. The lowest BCUT2D eigenvalue weighted by atomic mass is 10.1. The number of rotatable bonds is 10. The van der Waals surface area contributed by atoms with Crippen molar-refractivity contribution in [3.05, 3.63) is 35.9 Å². The number of hydroxylamine groups is 1. The van der Waals surface area contributed by atoms with Gasteiger partial charge in [-0.25, -0.2) is 9.59 Å². The van der Waals surface area contributed by atoms with Crippen LogP contribution < -0.4 is 5.48 Å². The number of ether oxygens (including phenoxy) is 1. The summed E-state index contributed by atoms with van der Waals surface area (Å²) < 4.78 is 4.90. The van der Waals surface area contributed by atoms with E-state index in [0.29, 0.717) is 6.61 Å². The van der Waals surface area contributed by atoms with Crippen LogP contribution in [0, 0.1) is 0 Å². The van der Waals surface area contributed by atoms with Crippen LogP contribution in [0.1, 0.15) is 38.2 Å². The lowest BCUT2D eigenvalue weighted by Crippen LogP contribution is -2.36. The highest BCUT2D eigenvalue weighted by molar-refractivity contribution is 5.73. The first-order chi connectivity index (χ1) is 10.6. The number of benzene rings is 1. The Labute approximate surface area is 130 Å². The molecule has 0 fully saturated rings. The van der Waals surface area contributed by atoms with E-state index in [9.17, 15) is 9.59 Å². The van der Waals surface area contributed by atoms with E-state index in [1.54, 1.807) is 12.1 Å². The van der Waals surface area contributed by atoms with Crippen LogP contribution in [0.4, 0.5) is 4.79 Å². The third-order valence-corrected chi connectivity index (χ3v) is 3.05. The van der Waals surface area contributed by atoms with Crippen molar-refractivity contribution in [1.29, 1.82) is 0 Å². The number of aliphatic carboxylic acids is 1. The molecule has 6 nitrogen and oxygen atoms in total. The molecule has 0 heterocycles. The van der Waals surface area contributed by atoms with E-state index in [-0.39, 0.29) is 6.42 Å². The minimum absolute atomic E-state index is 0.160. The van der Waals surface area contributed by atoms with Gasteiger partial charge < -0.3 is 9.84 Å². The summed E-state index contributed by atoms with van der Waals surface area (Å²) in [5.41, 5.74) is 2.84. The zero-order valence-electron chi connectivity index (χ0n) is 12.8. The average Bonchev–Trinajstić information content (AvgIpc) is 2.52. The molecule has 1 atom stereocenters. The van der Waals surface area contributed by atoms with Crippen molar-refractivity contribution >= 4 is 12.1 Å². The van der Waals surface area contributed by atoms with Gasteiger partial charge in [-0.05, 0) is 12.0 Å². The first-order valence-electron chi connectivity index (χ1n) is 7.48. The molecule has 0 saturated heterocycles. The molecule has 0 aromatic heterocycles. The molecule has 0 bridgehead atoms. The molecular formula is C16H23NO5. The number of nitrogens with one attached hydrogen (secondary N) is 1. The fraction of sp³-hybridized carbons (Fsp3) is 0.500. The van der Waals surface area contributed by atoms with Crippen LogP contribution in [0.3, 0.4) is 0 Å². The fourth-order valence-corrected chi connectivity index (χ4v) is 1.85. The van der Waals surface area contributed by atoms with Gasteiger partial charge in [0.15, 0.2) is 6.10 Å². The Bertz CT molecular complexity index is 449. The van der Waals surface area contributed by atoms with Crippen molar-refractivity contribution in [3.63, 3.8) is 0 Å². The van der Waals surface area contributed by atoms with Crippen LogP contribution in [-0.4, -0.2) is 29.9 Å². The van der Waals surface area contributed by atoms with Gasteiger partial charge in [0.1, 0.15) is 0 Å². The Balaban J connectivity index is 2.29.